The Labute approximate surface area is 329 Å². The number of hydrogen-bond acceptors (Lipinski definition) is 11. The number of esters is 2. The highest BCUT2D eigenvalue weighted by Gasteiger charge is 2.20. The Hall–Kier alpha value is -4.70. The van der Waals surface area contributed by atoms with Gasteiger partial charge in [0.25, 0.3) is 12.5 Å². The zero-order valence-electron chi connectivity index (χ0n) is 33.6. The summed E-state index contributed by atoms with van der Waals surface area (Å²) in [5, 5.41) is 25.9. The summed E-state index contributed by atoms with van der Waals surface area (Å²) >= 11 is 0. The van der Waals surface area contributed by atoms with Crippen LogP contribution < -0.4 is 9.47 Å². The van der Waals surface area contributed by atoms with E-state index in [0.717, 1.165) is 29.5 Å². The molecule has 2 rings (SSSR count). The minimum absolute atomic E-state index is 0.0988. The number of isocyanates is 1. The van der Waals surface area contributed by atoms with E-state index in [0.29, 0.717) is 30.1 Å². The van der Waals surface area contributed by atoms with Crippen LogP contribution in [0.25, 0.3) is 0 Å². The maximum absolute atomic E-state index is 12.3. The number of rotatable bonds is 28. The van der Waals surface area contributed by atoms with Gasteiger partial charge >= 0.3 is 11.9 Å². The maximum atomic E-state index is 12.3. The molecule has 2 aromatic carbocycles. The molecule has 0 aliphatic rings. The molecule has 11 nitrogen and oxygen atoms in total. The monoisotopic (exact) mass is 761 g/mol. The van der Waals surface area contributed by atoms with Gasteiger partial charge in [-0.05, 0) is 61.1 Å². The van der Waals surface area contributed by atoms with E-state index in [1.54, 1.807) is 37.6 Å². The van der Waals surface area contributed by atoms with Crippen LogP contribution in [0.3, 0.4) is 0 Å². The lowest BCUT2D eigenvalue weighted by molar-refractivity contribution is -0.148. The summed E-state index contributed by atoms with van der Waals surface area (Å²) in [6.07, 6.45) is 26.7. The topological polar surface area (TPSA) is 168 Å². The van der Waals surface area contributed by atoms with Gasteiger partial charge in [0.15, 0.2) is 6.04 Å². The molecule has 302 valence electrons. The standard InChI is InChI=1S/C30H49NO3.C14H14N2O5/c1-4-5-6-7-8-9-10-11-12-13-14-15-16-17-18-19-22-33-30(32)27(3)23-28-21-20-26(2)29(24-28)34-25-31;1-10-2-3-11(7-13(10)21-8-15)6-12(16-9-18)14(19)20-5-4-17/h20-21,24,27H,4-19,22-23H2,1-3H3;2-3,7,12,17H,4-6H2,1H3. The van der Waals surface area contributed by atoms with Crippen molar-refractivity contribution >= 4 is 18.0 Å². The predicted molar refractivity (Wildman–Crippen MR) is 212 cm³/mol. The first-order chi connectivity index (χ1) is 26.7. The average Bonchev–Trinajstić information content (AvgIpc) is 3.17. The van der Waals surface area contributed by atoms with Gasteiger partial charge in [0.1, 0.15) is 18.1 Å². The zero-order chi connectivity index (χ0) is 40.5. The van der Waals surface area contributed by atoms with Crippen molar-refractivity contribution in [2.24, 2.45) is 10.9 Å². The fraction of sp³-hybridized carbons (Fsp3) is 0.614. The van der Waals surface area contributed by atoms with Crippen molar-refractivity contribution in [2.75, 3.05) is 19.8 Å². The van der Waals surface area contributed by atoms with Gasteiger partial charge in [-0.15, -0.1) is 10.5 Å². The molecule has 0 heterocycles. The molecule has 1 N–H and O–H groups in total. The molecule has 0 aliphatic heterocycles. The smallest absolute Gasteiger partial charge is 0.332 e. The van der Waals surface area contributed by atoms with Crippen LogP contribution in [0.2, 0.25) is 0 Å². The van der Waals surface area contributed by atoms with Gasteiger partial charge in [-0.2, -0.15) is 4.99 Å². The lowest BCUT2D eigenvalue weighted by Gasteiger charge is -2.12. The van der Waals surface area contributed by atoms with Crippen LogP contribution in [-0.2, 0) is 36.7 Å². The van der Waals surface area contributed by atoms with Gasteiger partial charge in [0.05, 0.1) is 19.1 Å². The molecule has 2 aromatic rings. The second-order valence-electron chi connectivity index (χ2n) is 14.0. The maximum Gasteiger partial charge on any atom is 0.332 e. The number of hydrogen-bond donors (Lipinski definition) is 1. The summed E-state index contributed by atoms with van der Waals surface area (Å²) < 4.78 is 20.0. The van der Waals surface area contributed by atoms with E-state index in [4.69, 9.17) is 34.6 Å². The third-order valence-corrected chi connectivity index (χ3v) is 9.25. The molecular weight excluding hydrogens is 698 g/mol. The van der Waals surface area contributed by atoms with Crippen LogP contribution in [0, 0.1) is 42.8 Å². The van der Waals surface area contributed by atoms with Gasteiger partial charge in [-0.1, -0.05) is 134 Å². The SMILES string of the molecule is CCCCCCCCCCCCCCCCCCOC(=O)C(C)Cc1ccc(C)c(OC#N)c1.Cc1ccc(CC(N=C=O)C(=O)OCCO)cc1OC#N. The Kier molecular flexibility index (Phi) is 27.8. The number of nitrogens with zero attached hydrogens (tertiary/aromatic N) is 3. The Balaban J connectivity index is 0.000000615. The summed E-state index contributed by atoms with van der Waals surface area (Å²) in [7, 11) is 0. The van der Waals surface area contributed by atoms with Gasteiger partial charge in [0, 0.05) is 6.42 Å². The normalized spacial score (nSPS) is 11.4. The summed E-state index contributed by atoms with van der Waals surface area (Å²) in [4.78, 5) is 37.8. The van der Waals surface area contributed by atoms with Crippen LogP contribution in [-0.4, -0.2) is 49.0 Å². The number of aliphatic imine (C=N–C) groups is 1. The third kappa shape index (κ3) is 23.0. The van der Waals surface area contributed by atoms with Crippen molar-refractivity contribution in [1.29, 1.82) is 10.5 Å². The number of carbonyl (C=O) groups is 2. The Morgan fingerprint density at radius 1 is 0.673 bits per heavy atom. The fourth-order valence-corrected chi connectivity index (χ4v) is 5.97. The molecule has 0 aromatic heterocycles. The fourth-order valence-electron chi connectivity index (χ4n) is 5.97. The number of unbranched alkanes of at least 4 members (excludes halogenated alkanes) is 15. The second kappa shape index (κ2) is 31.6. The van der Waals surface area contributed by atoms with Crippen molar-refractivity contribution in [1.82, 2.24) is 0 Å². The Morgan fingerprint density at radius 3 is 1.55 bits per heavy atom. The molecule has 2 atom stereocenters. The zero-order valence-corrected chi connectivity index (χ0v) is 33.6. The van der Waals surface area contributed by atoms with Crippen molar-refractivity contribution in [3.05, 3.63) is 58.7 Å². The summed E-state index contributed by atoms with van der Waals surface area (Å²) in [6.45, 7) is 7.87. The number of ether oxygens (including phenoxy) is 4. The van der Waals surface area contributed by atoms with Gasteiger partial charge in [-0.3, -0.25) is 4.79 Å². The molecule has 0 aliphatic carbocycles. The van der Waals surface area contributed by atoms with E-state index in [2.05, 4.69) is 11.9 Å². The highest BCUT2D eigenvalue weighted by molar-refractivity contribution is 5.77. The minimum atomic E-state index is -1.05. The van der Waals surface area contributed by atoms with E-state index in [-0.39, 0.29) is 31.5 Å². The van der Waals surface area contributed by atoms with Crippen LogP contribution >= 0.6 is 0 Å². The van der Waals surface area contributed by atoms with Crippen molar-refractivity contribution in [3.63, 3.8) is 0 Å². The molecule has 11 heteroatoms. The quantitative estimate of drug-likeness (QED) is 0.0290. The van der Waals surface area contributed by atoms with Crippen LogP contribution in [0.15, 0.2) is 41.4 Å². The molecule has 0 fully saturated rings. The number of aliphatic hydroxyl groups is 1. The number of carbonyl (C=O) groups excluding carboxylic acids is 3. The number of nitriles is 2. The molecule has 2 unspecified atom stereocenters. The molecule has 0 saturated heterocycles. The summed E-state index contributed by atoms with van der Waals surface area (Å²) in [5.74, 6) is -0.167. The van der Waals surface area contributed by atoms with Crippen LogP contribution in [0.5, 0.6) is 11.5 Å². The van der Waals surface area contributed by atoms with Crippen LogP contribution in [0.4, 0.5) is 0 Å². The molecule has 0 saturated carbocycles. The molecule has 0 radical (unpaired) electrons. The number of aryl methyl sites for hydroxylation is 2. The lowest BCUT2D eigenvalue weighted by atomic mass is 10.00. The molecule has 55 heavy (non-hydrogen) atoms. The van der Waals surface area contributed by atoms with Crippen LogP contribution in [0.1, 0.15) is 139 Å². The van der Waals surface area contributed by atoms with E-state index >= 15 is 0 Å². The summed E-state index contributed by atoms with van der Waals surface area (Å²) in [5.41, 5.74) is 3.29. The number of benzene rings is 2. The van der Waals surface area contributed by atoms with Gasteiger partial charge < -0.3 is 24.1 Å². The first-order valence-electron chi connectivity index (χ1n) is 20.0. The van der Waals surface area contributed by atoms with E-state index < -0.39 is 12.0 Å². The highest BCUT2D eigenvalue weighted by atomic mass is 16.5. The first kappa shape index (κ1) is 48.3. The van der Waals surface area contributed by atoms with E-state index in [1.165, 1.54) is 96.0 Å². The van der Waals surface area contributed by atoms with Crippen molar-refractivity contribution in [2.45, 2.75) is 149 Å². The van der Waals surface area contributed by atoms with Crippen molar-refractivity contribution < 1.29 is 38.4 Å². The largest absolute Gasteiger partial charge is 0.465 e. The third-order valence-electron chi connectivity index (χ3n) is 9.25. The lowest BCUT2D eigenvalue weighted by Crippen LogP contribution is -2.25. The number of aliphatic hydroxyl groups excluding tert-OH is 1. The molecular formula is C44H63N3O8. The van der Waals surface area contributed by atoms with Crippen molar-refractivity contribution in [3.8, 4) is 24.0 Å². The highest BCUT2D eigenvalue weighted by Crippen LogP contribution is 2.23. The Morgan fingerprint density at radius 2 is 1.11 bits per heavy atom. The second-order valence-corrected chi connectivity index (χ2v) is 14.0. The molecule has 0 bridgehead atoms. The predicted octanol–water partition coefficient (Wildman–Crippen LogP) is 9.48. The molecule has 0 spiro atoms. The average molecular weight is 762 g/mol. The minimum Gasteiger partial charge on any atom is -0.465 e. The van der Waals surface area contributed by atoms with Gasteiger partial charge in [-0.25, -0.2) is 9.59 Å². The van der Waals surface area contributed by atoms with Gasteiger partial charge in [0.2, 0.25) is 6.08 Å². The van der Waals surface area contributed by atoms with E-state index in [9.17, 15) is 14.4 Å². The first-order valence-corrected chi connectivity index (χ1v) is 20.0. The molecule has 0 amide bonds. The van der Waals surface area contributed by atoms with E-state index in [1.807, 2.05) is 32.0 Å². The summed E-state index contributed by atoms with van der Waals surface area (Å²) in [6, 6.07) is 9.71. The Bertz CT molecular complexity index is 1510.